The molecule has 3 rings (SSSR count). The van der Waals surface area contributed by atoms with Crippen molar-refractivity contribution >= 4 is 17.8 Å². The summed E-state index contributed by atoms with van der Waals surface area (Å²) in [5.41, 5.74) is 4.19. The smallest absolute Gasteiger partial charge is 0.340 e. The largest absolute Gasteiger partial charge is 0.452 e. The molecule has 0 unspecified atom stereocenters. The van der Waals surface area contributed by atoms with E-state index < -0.39 is 18.5 Å². The molecule has 1 aliphatic rings. The molecule has 0 radical (unpaired) electrons. The Morgan fingerprint density at radius 2 is 1.81 bits per heavy atom. The van der Waals surface area contributed by atoms with E-state index in [4.69, 9.17) is 4.74 Å². The summed E-state index contributed by atoms with van der Waals surface area (Å²) in [7, 11) is 0. The van der Waals surface area contributed by atoms with Crippen LogP contribution in [0.1, 0.15) is 40.2 Å². The summed E-state index contributed by atoms with van der Waals surface area (Å²) in [5.74, 6) is -1.23. The van der Waals surface area contributed by atoms with Crippen molar-refractivity contribution < 1.29 is 19.1 Å². The zero-order valence-corrected chi connectivity index (χ0v) is 15.2. The van der Waals surface area contributed by atoms with Gasteiger partial charge in [0, 0.05) is 30.0 Å². The first-order chi connectivity index (χ1) is 12.4. The summed E-state index contributed by atoms with van der Waals surface area (Å²) in [5, 5.41) is 0. The van der Waals surface area contributed by atoms with E-state index in [1.165, 1.54) is 0 Å². The highest BCUT2D eigenvalue weighted by Crippen LogP contribution is 2.22. The first-order valence-corrected chi connectivity index (χ1v) is 8.65. The quantitative estimate of drug-likeness (QED) is 0.792. The average Bonchev–Trinajstić information content (AvgIpc) is 3.17. The van der Waals surface area contributed by atoms with Crippen LogP contribution in [0.2, 0.25) is 0 Å². The Morgan fingerprint density at radius 3 is 2.42 bits per heavy atom. The van der Waals surface area contributed by atoms with Crippen LogP contribution in [0.4, 0.5) is 0 Å². The molecule has 1 aliphatic heterocycles. The van der Waals surface area contributed by atoms with Crippen LogP contribution in [0.3, 0.4) is 0 Å². The van der Waals surface area contributed by atoms with Crippen molar-refractivity contribution in [2.45, 2.75) is 33.6 Å². The number of aromatic nitrogens is 1. The van der Waals surface area contributed by atoms with E-state index in [9.17, 15) is 14.4 Å². The van der Waals surface area contributed by atoms with Crippen LogP contribution in [0, 0.1) is 20.8 Å². The number of nitrogens with zero attached hydrogens (tertiary/aromatic N) is 2. The summed E-state index contributed by atoms with van der Waals surface area (Å²) in [6, 6.07) is 9.76. The van der Waals surface area contributed by atoms with E-state index in [0.29, 0.717) is 24.9 Å². The molecular formula is C20H22N2O4. The van der Waals surface area contributed by atoms with Crippen LogP contribution < -0.4 is 0 Å². The maximum absolute atomic E-state index is 12.4. The molecule has 0 atom stereocenters. The second kappa shape index (κ2) is 7.15. The van der Waals surface area contributed by atoms with Crippen molar-refractivity contribution in [3.05, 3.63) is 52.8 Å². The van der Waals surface area contributed by atoms with E-state index in [1.54, 1.807) is 6.07 Å². The van der Waals surface area contributed by atoms with Gasteiger partial charge >= 0.3 is 5.97 Å². The highest BCUT2D eigenvalue weighted by molar-refractivity contribution is 5.99. The number of benzene rings is 1. The summed E-state index contributed by atoms with van der Waals surface area (Å²) >= 11 is 0. The van der Waals surface area contributed by atoms with Crippen molar-refractivity contribution in [3.63, 3.8) is 0 Å². The molecule has 6 nitrogen and oxygen atoms in total. The number of esters is 1. The summed E-state index contributed by atoms with van der Waals surface area (Å²) in [4.78, 5) is 37.2. The van der Waals surface area contributed by atoms with Gasteiger partial charge in [0.05, 0.1) is 5.56 Å². The first-order valence-electron chi connectivity index (χ1n) is 8.65. The van der Waals surface area contributed by atoms with Crippen molar-refractivity contribution in [2.75, 3.05) is 13.2 Å². The van der Waals surface area contributed by atoms with Gasteiger partial charge in [-0.2, -0.15) is 0 Å². The third-order valence-corrected chi connectivity index (χ3v) is 4.64. The zero-order chi connectivity index (χ0) is 18.8. The minimum absolute atomic E-state index is 0.205. The predicted molar refractivity (Wildman–Crippen MR) is 96.2 cm³/mol. The number of hydrogen-bond donors (Lipinski definition) is 0. The number of aryl methyl sites for hydroxylation is 2. The monoisotopic (exact) mass is 354 g/mol. The fourth-order valence-corrected chi connectivity index (χ4v) is 3.26. The van der Waals surface area contributed by atoms with Crippen LogP contribution in [0.15, 0.2) is 30.3 Å². The number of imide groups is 1. The number of rotatable bonds is 4. The zero-order valence-electron chi connectivity index (χ0n) is 15.2. The van der Waals surface area contributed by atoms with E-state index in [1.807, 2.05) is 49.6 Å². The van der Waals surface area contributed by atoms with Crippen LogP contribution in [0.25, 0.3) is 5.69 Å². The Balaban J connectivity index is 1.74. The molecule has 2 aromatic rings. The third kappa shape index (κ3) is 3.40. The number of ether oxygens (including phenoxy) is 1. The molecule has 1 saturated heterocycles. The first kappa shape index (κ1) is 17.9. The van der Waals surface area contributed by atoms with Gasteiger partial charge in [-0.3, -0.25) is 14.5 Å². The van der Waals surface area contributed by atoms with Crippen molar-refractivity contribution in [2.24, 2.45) is 0 Å². The molecule has 0 spiro atoms. The van der Waals surface area contributed by atoms with Gasteiger partial charge in [0.25, 0.3) is 5.91 Å². The standard InChI is InChI=1S/C20H22N2O4/c1-13-6-8-16(9-7-13)22-14(2)11-17(15(22)3)20(25)26-12-19(24)21-10-4-5-18(21)23/h6-9,11H,4-5,10,12H2,1-3H3. The lowest BCUT2D eigenvalue weighted by Gasteiger charge is -2.13. The molecule has 6 heteroatoms. The molecule has 1 aromatic carbocycles. The van der Waals surface area contributed by atoms with E-state index in [2.05, 4.69) is 0 Å². The summed E-state index contributed by atoms with van der Waals surface area (Å²) in [6.45, 7) is 5.76. The lowest BCUT2D eigenvalue weighted by atomic mass is 10.2. The van der Waals surface area contributed by atoms with Gasteiger partial charge in [-0.1, -0.05) is 17.7 Å². The Labute approximate surface area is 152 Å². The molecule has 2 heterocycles. The third-order valence-electron chi connectivity index (χ3n) is 4.64. The Bertz CT molecular complexity index is 865. The highest BCUT2D eigenvalue weighted by Gasteiger charge is 2.27. The number of carbonyl (C=O) groups excluding carboxylic acids is 3. The number of likely N-dealkylation sites (tertiary alicyclic amines) is 1. The van der Waals surface area contributed by atoms with Gasteiger partial charge in [0.2, 0.25) is 5.91 Å². The molecule has 136 valence electrons. The van der Waals surface area contributed by atoms with Gasteiger partial charge in [-0.25, -0.2) is 4.79 Å². The Hall–Kier alpha value is -2.89. The molecular weight excluding hydrogens is 332 g/mol. The van der Waals surface area contributed by atoms with Gasteiger partial charge in [0.15, 0.2) is 6.61 Å². The fourth-order valence-electron chi connectivity index (χ4n) is 3.26. The number of hydrogen-bond acceptors (Lipinski definition) is 4. The second-order valence-corrected chi connectivity index (χ2v) is 6.57. The van der Waals surface area contributed by atoms with Gasteiger partial charge in [0.1, 0.15) is 0 Å². The van der Waals surface area contributed by atoms with Crippen LogP contribution in [-0.2, 0) is 14.3 Å². The molecule has 26 heavy (non-hydrogen) atoms. The van der Waals surface area contributed by atoms with Crippen LogP contribution in [0.5, 0.6) is 0 Å². The van der Waals surface area contributed by atoms with E-state index >= 15 is 0 Å². The number of carbonyl (C=O) groups is 3. The second-order valence-electron chi connectivity index (χ2n) is 6.57. The Kier molecular flexibility index (Phi) is 4.93. The van der Waals surface area contributed by atoms with E-state index in [-0.39, 0.29) is 5.91 Å². The van der Waals surface area contributed by atoms with Crippen LogP contribution >= 0.6 is 0 Å². The van der Waals surface area contributed by atoms with Crippen molar-refractivity contribution in [1.82, 2.24) is 9.47 Å². The maximum Gasteiger partial charge on any atom is 0.340 e. The van der Waals surface area contributed by atoms with Gasteiger partial charge in [-0.15, -0.1) is 0 Å². The van der Waals surface area contributed by atoms with Gasteiger partial charge < -0.3 is 9.30 Å². The molecule has 0 bridgehead atoms. The van der Waals surface area contributed by atoms with Gasteiger partial charge in [-0.05, 0) is 45.4 Å². The molecule has 2 amide bonds. The minimum atomic E-state index is -0.559. The van der Waals surface area contributed by atoms with Crippen molar-refractivity contribution in [3.8, 4) is 5.69 Å². The minimum Gasteiger partial charge on any atom is -0.452 e. The average molecular weight is 354 g/mol. The molecule has 0 saturated carbocycles. The molecule has 0 N–H and O–H groups in total. The fraction of sp³-hybridized carbons (Fsp3) is 0.350. The molecule has 0 aliphatic carbocycles. The SMILES string of the molecule is Cc1ccc(-n2c(C)cc(C(=O)OCC(=O)N3CCCC3=O)c2C)cc1. The maximum atomic E-state index is 12.4. The highest BCUT2D eigenvalue weighted by atomic mass is 16.5. The van der Waals surface area contributed by atoms with Crippen LogP contribution in [-0.4, -0.2) is 40.4 Å². The number of amides is 2. The predicted octanol–water partition coefficient (Wildman–Crippen LogP) is 2.71. The topological polar surface area (TPSA) is 68.6 Å². The lowest BCUT2D eigenvalue weighted by molar-refractivity contribution is -0.143. The molecule has 1 fully saturated rings. The Morgan fingerprint density at radius 1 is 1.12 bits per heavy atom. The summed E-state index contributed by atoms with van der Waals surface area (Å²) < 4.78 is 7.13. The molecule has 1 aromatic heterocycles. The van der Waals surface area contributed by atoms with Crippen molar-refractivity contribution in [1.29, 1.82) is 0 Å². The lowest BCUT2D eigenvalue weighted by Crippen LogP contribution is -2.35. The normalized spacial score (nSPS) is 14.0. The van der Waals surface area contributed by atoms with E-state index in [0.717, 1.165) is 27.5 Å². The summed E-state index contributed by atoms with van der Waals surface area (Å²) in [6.07, 6.45) is 1.04.